The SMILES string of the molecule is CCN(CCC(NC)c1cccc(Cl)c1Cl)C1CC1. The zero-order valence-electron chi connectivity index (χ0n) is 11.6. The van der Waals surface area contributed by atoms with Crippen LogP contribution in [-0.2, 0) is 0 Å². The molecular weight excluding hydrogens is 279 g/mol. The van der Waals surface area contributed by atoms with Crippen molar-refractivity contribution in [3.05, 3.63) is 33.8 Å². The van der Waals surface area contributed by atoms with Crippen molar-refractivity contribution in [2.75, 3.05) is 20.1 Å². The van der Waals surface area contributed by atoms with Crippen molar-refractivity contribution in [2.24, 2.45) is 0 Å². The largest absolute Gasteiger partial charge is 0.313 e. The summed E-state index contributed by atoms with van der Waals surface area (Å²) in [5.74, 6) is 0. The lowest BCUT2D eigenvalue weighted by Gasteiger charge is -2.24. The molecule has 1 saturated carbocycles. The molecule has 0 saturated heterocycles. The van der Waals surface area contributed by atoms with E-state index in [1.165, 1.54) is 12.8 Å². The molecule has 1 aromatic carbocycles. The summed E-state index contributed by atoms with van der Waals surface area (Å²) in [7, 11) is 1.98. The van der Waals surface area contributed by atoms with Crippen LogP contribution in [0.15, 0.2) is 18.2 Å². The number of hydrogen-bond donors (Lipinski definition) is 1. The maximum Gasteiger partial charge on any atom is 0.0640 e. The molecule has 106 valence electrons. The normalized spacial score (nSPS) is 16.9. The molecule has 19 heavy (non-hydrogen) atoms. The van der Waals surface area contributed by atoms with Gasteiger partial charge >= 0.3 is 0 Å². The van der Waals surface area contributed by atoms with Crippen LogP contribution in [-0.4, -0.2) is 31.1 Å². The van der Waals surface area contributed by atoms with E-state index < -0.39 is 0 Å². The van der Waals surface area contributed by atoms with Gasteiger partial charge in [-0.15, -0.1) is 0 Å². The van der Waals surface area contributed by atoms with Crippen molar-refractivity contribution in [1.29, 1.82) is 0 Å². The molecule has 0 aromatic heterocycles. The summed E-state index contributed by atoms with van der Waals surface area (Å²) in [5, 5.41) is 4.67. The molecule has 1 atom stereocenters. The third-order valence-electron chi connectivity index (χ3n) is 3.88. The monoisotopic (exact) mass is 300 g/mol. The molecule has 1 aromatic rings. The summed E-state index contributed by atoms with van der Waals surface area (Å²) in [6, 6.07) is 6.94. The van der Waals surface area contributed by atoms with Crippen LogP contribution in [0, 0.1) is 0 Å². The van der Waals surface area contributed by atoms with Gasteiger partial charge in [0.2, 0.25) is 0 Å². The smallest absolute Gasteiger partial charge is 0.0640 e. The van der Waals surface area contributed by atoms with Gasteiger partial charge in [0.25, 0.3) is 0 Å². The van der Waals surface area contributed by atoms with E-state index in [1.54, 1.807) is 0 Å². The molecule has 0 amide bonds. The highest BCUT2D eigenvalue weighted by Gasteiger charge is 2.28. The molecule has 0 bridgehead atoms. The van der Waals surface area contributed by atoms with Crippen molar-refractivity contribution in [2.45, 2.75) is 38.3 Å². The summed E-state index contributed by atoms with van der Waals surface area (Å²) in [6.45, 7) is 4.47. The van der Waals surface area contributed by atoms with Gasteiger partial charge in [0, 0.05) is 18.6 Å². The highest BCUT2D eigenvalue weighted by molar-refractivity contribution is 6.42. The summed E-state index contributed by atoms with van der Waals surface area (Å²) in [4.78, 5) is 2.56. The highest BCUT2D eigenvalue weighted by atomic mass is 35.5. The molecule has 1 unspecified atom stereocenters. The van der Waals surface area contributed by atoms with Gasteiger partial charge in [-0.3, -0.25) is 0 Å². The van der Waals surface area contributed by atoms with Gasteiger partial charge < -0.3 is 10.2 Å². The van der Waals surface area contributed by atoms with Crippen LogP contribution < -0.4 is 5.32 Å². The first kappa shape index (κ1) is 15.1. The fraction of sp³-hybridized carbons (Fsp3) is 0.600. The van der Waals surface area contributed by atoms with E-state index in [9.17, 15) is 0 Å². The first-order valence-electron chi connectivity index (χ1n) is 7.02. The minimum absolute atomic E-state index is 0.263. The van der Waals surface area contributed by atoms with Crippen molar-refractivity contribution in [3.8, 4) is 0 Å². The molecule has 2 nitrogen and oxygen atoms in total. The maximum absolute atomic E-state index is 6.31. The first-order valence-corrected chi connectivity index (χ1v) is 7.78. The van der Waals surface area contributed by atoms with Crippen LogP contribution in [0.4, 0.5) is 0 Å². The Labute approximate surface area is 126 Å². The molecule has 0 radical (unpaired) electrons. The Morgan fingerprint density at radius 3 is 2.68 bits per heavy atom. The van der Waals surface area contributed by atoms with Gasteiger partial charge in [0.05, 0.1) is 10.0 Å². The third kappa shape index (κ3) is 3.85. The van der Waals surface area contributed by atoms with Crippen LogP contribution >= 0.6 is 23.2 Å². The van der Waals surface area contributed by atoms with E-state index in [2.05, 4.69) is 23.2 Å². The van der Waals surface area contributed by atoms with E-state index in [0.29, 0.717) is 10.0 Å². The van der Waals surface area contributed by atoms with Crippen LogP contribution in [0.5, 0.6) is 0 Å². The number of benzene rings is 1. The first-order chi connectivity index (χ1) is 9.17. The Morgan fingerprint density at radius 1 is 1.37 bits per heavy atom. The number of rotatable bonds is 7. The van der Waals surface area contributed by atoms with Crippen molar-refractivity contribution in [1.82, 2.24) is 10.2 Å². The molecule has 1 N–H and O–H groups in total. The number of nitrogens with one attached hydrogen (secondary N) is 1. The topological polar surface area (TPSA) is 15.3 Å². The Balaban J connectivity index is 2.01. The van der Waals surface area contributed by atoms with Crippen molar-refractivity contribution >= 4 is 23.2 Å². The number of hydrogen-bond acceptors (Lipinski definition) is 2. The molecule has 1 aliphatic rings. The zero-order valence-corrected chi connectivity index (χ0v) is 13.1. The van der Waals surface area contributed by atoms with Crippen molar-refractivity contribution in [3.63, 3.8) is 0 Å². The highest BCUT2D eigenvalue weighted by Crippen LogP contribution is 2.32. The van der Waals surface area contributed by atoms with Gasteiger partial charge in [-0.25, -0.2) is 0 Å². The summed E-state index contributed by atoms with van der Waals surface area (Å²) < 4.78 is 0. The lowest BCUT2D eigenvalue weighted by Crippen LogP contribution is -2.30. The molecule has 1 fully saturated rings. The van der Waals surface area contributed by atoms with Gasteiger partial charge in [-0.1, -0.05) is 42.3 Å². The molecule has 1 aliphatic carbocycles. The van der Waals surface area contributed by atoms with Crippen LogP contribution in [0.1, 0.15) is 37.8 Å². The lowest BCUT2D eigenvalue weighted by atomic mass is 10.0. The maximum atomic E-state index is 6.31. The number of halogens is 2. The van der Waals surface area contributed by atoms with Gasteiger partial charge in [-0.05, 0) is 44.5 Å². The summed E-state index contributed by atoms with van der Waals surface area (Å²) >= 11 is 12.4. The van der Waals surface area contributed by atoms with E-state index in [-0.39, 0.29) is 6.04 Å². The molecular formula is C15H22Cl2N2. The second-order valence-electron chi connectivity index (χ2n) is 5.13. The molecule has 0 aliphatic heterocycles. The quantitative estimate of drug-likeness (QED) is 0.814. The fourth-order valence-corrected chi connectivity index (χ4v) is 3.02. The van der Waals surface area contributed by atoms with Crippen LogP contribution in [0.25, 0.3) is 0 Å². The van der Waals surface area contributed by atoms with E-state index in [0.717, 1.165) is 31.1 Å². The Bertz CT molecular complexity index is 419. The second-order valence-corrected chi connectivity index (χ2v) is 5.92. The lowest BCUT2D eigenvalue weighted by molar-refractivity contribution is 0.261. The van der Waals surface area contributed by atoms with Gasteiger partial charge in [0.15, 0.2) is 0 Å². The standard InChI is InChI=1S/C15H22Cl2N2/c1-3-19(11-7-8-11)10-9-14(18-2)12-5-4-6-13(16)15(12)17/h4-6,11,14,18H,3,7-10H2,1-2H3. The molecule has 2 rings (SSSR count). The predicted molar refractivity (Wildman–Crippen MR) is 83.1 cm³/mol. The number of nitrogens with zero attached hydrogens (tertiary/aromatic N) is 1. The van der Waals surface area contributed by atoms with E-state index in [1.807, 2.05) is 19.2 Å². The van der Waals surface area contributed by atoms with Crippen LogP contribution in [0.2, 0.25) is 10.0 Å². The van der Waals surface area contributed by atoms with Crippen LogP contribution in [0.3, 0.4) is 0 Å². The third-order valence-corrected chi connectivity index (χ3v) is 4.71. The minimum atomic E-state index is 0.263. The second kappa shape index (κ2) is 6.94. The van der Waals surface area contributed by atoms with E-state index in [4.69, 9.17) is 23.2 Å². The average molecular weight is 301 g/mol. The zero-order chi connectivity index (χ0) is 13.8. The summed E-state index contributed by atoms with van der Waals surface area (Å²) in [5.41, 5.74) is 1.10. The Hall–Kier alpha value is -0.280. The molecule has 4 heteroatoms. The predicted octanol–water partition coefficient (Wildman–Crippen LogP) is 4.13. The molecule has 0 spiro atoms. The van der Waals surface area contributed by atoms with Gasteiger partial charge in [-0.2, -0.15) is 0 Å². The van der Waals surface area contributed by atoms with E-state index >= 15 is 0 Å². The Morgan fingerprint density at radius 2 is 2.11 bits per heavy atom. The van der Waals surface area contributed by atoms with Gasteiger partial charge in [0.1, 0.15) is 0 Å². The molecule has 0 heterocycles. The minimum Gasteiger partial charge on any atom is -0.313 e. The fourth-order valence-electron chi connectivity index (χ4n) is 2.58. The summed E-state index contributed by atoms with van der Waals surface area (Å²) in [6.07, 6.45) is 3.77. The average Bonchev–Trinajstić information content (AvgIpc) is 3.23. The van der Waals surface area contributed by atoms with Crippen molar-refractivity contribution < 1.29 is 0 Å². The Kier molecular flexibility index (Phi) is 5.52.